The van der Waals surface area contributed by atoms with Gasteiger partial charge in [0.2, 0.25) is 0 Å². The van der Waals surface area contributed by atoms with Crippen LogP contribution in [0.5, 0.6) is 0 Å². The van der Waals surface area contributed by atoms with Gasteiger partial charge >= 0.3 is 6.16 Å². The minimum Gasteiger partial charge on any atom is -0.450 e. The number of thiazole rings is 1. The summed E-state index contributed by atoms with van der Waals surface area (Å²) >= 11 is 1.20. The molecular weight excluding hydrogens is 450 g/mol. The largest absolute Gasteiger partial charge is 0.503 e. The first-order valence-electron chi connectivity index (χ1n) is 9.99. The van der Waals surface area contributed by atoms with Crippen LogP contribution >= 0.6 is 11.3 Å². The lowest BCUT2D eigenvalue weighted by atomic mass is 10.0. The Balaban J connectivity index is 0.000000601. The van der Waals surface area contributed by atoms with Crippen molar-refractivity contribution in [3.63, 3.8) is 0 Å². The number of hydrogen-bond donors (Lipinski definition) is 3. The number of aromatic nitrogens is 1. The van der Waals surface area contributed by atoms with E-state index in [0.29, 0.717) is 9.83 Å². The number of anilines is 2. The van der Waals surface area contributed by atoms with Gasteiger partial charge in [0.25, 0.3) is 0 Å². The molecule has 5 rings (SSSR count). The van der Waals surface area contributed by atoms with E-state index in [4.69, 9.17) is 15.0 Å². The summed E-state index contributed by atoms with van der Waals surface area (Å²) in [5, 5.41) is 17.6. The van der Waals surface area contributed by atoms with E-state index in [-0.39, 0.29) is 17.2 Å². The van der Waals surface area contributed by atoms with Crippen molar-refractivity contribution in [3.8, 4) is 11.1 Å². The highest BCUT2D eigenvalue weighted by Gasteiger charge is 2.30. The number of carbonyl (C=O) groups is 2. The molecule has 0 spiro atoms. The number of hydrogen-bond acceptors (Lipinski definition) is 5. The van der Waals surface area contributed by atoms with Gasteiger partial charge in [0, 0.05) is 23.2 Å². The van der Waals surface area contributed by atoms with Crippen molar-refractivity contribution < 1.29 is 28.6 Å². The number of benzene rings is 3. The normalized spacial score (nSPS) is 12.7. The molecule has 0 bridgehead atoms. The maximum absolute atomic E-state index is 13.8. The predicted octanol–water partition coefficient (Wildman–Crippen LogP) is 6.80. The monoisotopic (exact) mass is 468 g/mol. The maximum atomic E-state index is 13.8. The molecule has 9 heteroatoms. The lowest BCUT2D eigenvalue weighted by molar-refractivity contribution is 0.0967. The molecule has 168 valence electrons. The van der Waals surface area contributed by atoms with Crippen LogP contribution in [0.25, 0.3) is 21.3 Å². The SMILES string of the molecule is O=C(O)O.O=C(c1ccc(-c2ccc(Nc3nc4c(F)cc(F)cc4s3)cc2)cc1)C1CC1. The standard InChI is InChI=1S/C23H16F2N2OS.CH2O3/c24-17-11-19(25)21-20(12-17)29-23(27-21)26-18-9-7-14(8-10-18)13-1-3-15(4-2-13)22(28)16-5-6-16;2-1(3)4/h1-4,7-12,16H,5-6H2,(H,26,27);(H2,2,3,4). The predicted molar refractivity (Wildman–Crippen MR) is 122 cm³/mol. The molecular formula is C24H18F2N2O4S. The van der Waals surface area contributed by atoms with Crippen LogP contribution in [0.4, 0.5) is 24.4 Å². The van der Waals surface area contributed by atoms with E-state index in [0.717, 1.165) is 41.3 Å². The van der Waals surface area contributed by atoms with Gasteiger partial charge in [-0.05, 0) is 42.2 Å². The highest BCUT2D eigenvalue weighted by molar-refractivity contribution is 7.22. The zero-order valence-corrected chi connectivity index (χ0v) is 17.9. The van der Waals surface area contributed by atoms with Crippen LogP contribution in [0.2, 0.25) is 0 Å². The third-order valence-electron chi connectivity index (χ3n) is 5.00. The van der Waals surface area contributed by atoms with E-state index < -0.39 is 17.8 Å². The second-order valence-corrected chi connectivity index (χ2v) is 8.48. The summed E-state index contributed by atoms with van der Waals surface area (Å²) in [7, 11) is 0. The fourth-order valence-electron chi connectivity index (χ4n) is 3.29. The van der Waals surface area contributed by atoms with Crippen molar-refractivity contribution >= 4 is 44.3 Å². The Morgan fingerprint density at radius 1 is 0.939 bits per heavy atom. The Labute approximate surface area is 191 Å². The molecule has 1 aromatic heterocycles. The van der Waals surface area contributed by atoms with Gasteiger partial charge in [0.1, 0.15) is 11.3 Å². The number of halogens is 2. The van der Waals surface area contributed by atoms with Crippen molar-refractivity contribution in [1.29, 1.82) is 0 Å². The molecule has 3 aromatic carbocycles. The van der Waals surface area contributed by atoms with Gasteiger partial charge in [0.05, 0.1) is 4.70 Å². The molecule has 0 saturated heterocycles. The minimum absolute atomic E-state index is 0.163. The topological polar surface area (TPSA) is 99.5 Å². The van der Waals surface area contributed by atoms with Crippen molar-refractivity contribution in [2.24, 2.45) is 5.92 Å². The first kappa shape index (κ1) is 22.3. The molecule has 0 unspecified atom stereocenters. The zero-order chi connectivity index (χ0) is 23.5. The van der Waals surface area contributed by atoms with Gasteiger partial charge in [-0.1, -0.05) is 47.7 Å². The number of fused-ring (bicyclic) bond motifs is 1. The molecule has 0 atom stereocenters. The van der Waals surface area contributed by atoms with Gasteiger partial charge in [0.15, 0.2) is 16.7 Å². The molecule has 1 aliphatic rings. The molecule has 1 fully saturated rings. The zero-order valence-electron chi connectivity index (χ0n) is 17.1. The quantitative estimate of drug-likeness (QED) is 0.279. The number of nitrogens with one attached hydrogen (secondary N) is 1. The highest BCUT2D eigenvalue weighted by Crippen LogP contribution is 2.34. The number of Topliss-reactive ketones (excluding diaryl/α,β-unsaturated/α-hetero) is 1. The molecule has 1 saturated carbocycles. The van der Waals surface area contributed by atoms with E-state index in [1.807, 2.05) is 48.5 Å². The first-order chi connectivity index (χ1) is 15.8. The smallest absolute Gasteiger partial charge is 0.450 e. The van der Waals surface area contributed by atoms with E-state index in [1.165, 1.54) is 17.4 Å². The minimum atomic E-state index is -1.83. The van der Waals surface area contributed by atoms with Crippen LogP contribution in [0.3, 0.4) is 0 Å². The molecule has 33 heavy (non-hydrogen) atoms. The summed E-state index contributed by atoms with van der Waals surface area (Å²) in [5.74, 6) is -0.815. The summed E-state index contributed by atoms with van der Waals surface area (Å²) in [6.45, 7) is 0. The van der Waals surface area contributed by atoms with Crippen molar-refractivity contribution in [2.75, 3.05) is 5.32 Å². The second kappa shape index (κ2) is 9.33. The number of nitrogens with zero attached hydrogens (tertiary/aromatic N) is 1. The lowest BCUT2D eigenvalue weighted by Gasteiger charge is -2.06. The average Bonchev–Trinajstić information content (AvgIpc) is 3.54. The van der Waals surface area contributed by atoms with E-state index in [2.05, 4.69) is 10.3 Å². The van der Waals surface area contributed by atoms with E-state index in [9.17, 15) is 13.6 Å². The molecule has 3 N–H and O–H groups in total. The number of rotatable bonds is 5. The van der Waals surface area contributed by atoms with E-state index >= 15 is 0 Å². The average molecular weight is 468 g/mol. The Bertz CT molecular complexity index is 1310. The Morgan fingerprint density at radius 2 is 1.52 bits per heavy atom. The molecule has 0 amide bonds. The van der Waals surface area contributed by atoms with Crippen LogP contribution in [0.15, 0.2) is 60.7 Å². The molecule has 1 aliphatic carbocycles. The second-order valence-electron chi connectivity index (χ2n) is 7.45. The third-order valence-corrected chi connectivity index (χ3v) is 5.92. The lowest BCUT2D eigenvalue weighted by Crippen LogP contribution is -2.00. The van der Waals surface area contributed by atoms with Crippen molar-refractivity contribution in [2.45, 2.75) is 12.8 Å². The summed E-state index contributed by atoms with van der Waals surface area (Å²) in [4.78, 5) is 24.9. The first-order valence-corrected chi connectivity index (χ1v) is 10.8. The Hall–Kier alpha value is -3.85. The molecule has 1 heterocycles. The highest BCUT2D eigenvalue weighted by atomic mass is 32.1. The van der Waals surface area contributed by atoms with Gasteiger partial charge < -0.3 is 15.5 Å². The summed E-state index contributed by atoms with van der Waals surface area (Å²) < 4.78 is 27.6. The van der Waals surface area contributed by atoms with Crippen LogP contribution in [0, 0.1) is 17.6 Å². The van der Waals surface area contributed by atoms with Crippen molar-refractivity contribution in [3.05, 3.63) is 77.9 Å². The van der Waals surface area contributed by atoms with E-state index in [1.54, 1.807) is 0 Å². The number of carboxylic acid groups (broad SMARTS) is 2. The van der Waals surface area contributed by atoms with Gasteiger partial charge in [-0.25, -0.2) is 18.6 Å². The fourth-order valence-corrected chi connectivity index (χ4v) is 4.21. The van der Waals surface area contributed by atoms with Crippen LogP contribution in [-0.4, -0.2) is 27.1 Å². The maximum Gasteiger partial charge on any atom is 0.503 e. The summed E-state index contributed by atoms with van der Waals surface area (Å²) in [6, 6.07) is 17.6. The summed E-state index contributed by atoms with van der Waals surface area (Å²) in [5.41, 5.74) is 3.79. The molecule has 0 radical (unpaired) electrons. The third kappa shape index (κ3) is 5.50. The van der Waals surface area contributed by atoms with Gasteiger partial charge in [-0.15, -0.1) is 0 Å². The van der Waals surface area contributed by atoms with Crippen LogP contribution in [-0.2, 0) is 0 Å². The Morgan fingerprint density at radius 3 is 2.09 bits per heavy atom. The van der Waals surface area contributed by atoms with Crippen LogP contribution < -0.4 is 5.32 Å². The molecule has 6 nitrogen and oxygen atoms in total. The number of carbonyl (C=O) groups excluding carboxylic acids is 1. The molecule has 0 aliphatic heterocycles. The summed E-state index contributed by atoms with van der Waals surface area (Å²) in [6.07, 6.45) is 0.177. The fraction of sp³-hybridized carbons (Fsp3) is 0.125. The molecule has 4 aromatic rings. The number of ketones is 1. The Kier molecular flexibility index (Phi) is 6.32. The van der Waals surface area contributed by atoms with Crippen LogP contribution in [0.1, 0.15) is 23.2 Å². The van der Waals surface area contributed by atoms with Gasteiger partial charge in [-0.2, -0.15) is 0 Å². The van der Waals surface area contributed by atoms with Gasteiger partial charge in [-0.3, -0.25) is 4.79 Å². The van der Waals surface area contributed by atoms with Crippen molar-refractivity contribution in [1.82, 2.24) is 4.98 Å².